The Kier molecular flexibility index (Phi) is 12.7. The normalized spacial score (nSPS) is 22.5. The maximum absolute atomic E-state index is 11.7. The number of unbranched alkanes of at least 4 members (excludes halogenated alkanes) is 4. The number of nitrogens with zero attached hydrogens (tertiary/aromatic N) is 3. The van der Waals surface area contributed by atoms with Crippen LogP contribution >= 0.6 is 0 Å². The lowest BCUT2D eigenvalue weighted by Gasteiger charge is -2.43. The number of carbonyl (C=O) groups is 1. The number of ether oxygens (including phenoxy) is 4. The first-order valence-electron chi connectivity index (χ1n) is 13.2. The highest BCUT2D eigenvalue weighted by Gasteiger charge is 2.47. The summed E-state index contributed by atoms with van der Waals surface area (Å²) in [7, 11) is 0. The lowest BCUT2D eigenvalue weighted by Crippen LogP contribution is -2.59. The quantitative estimate of drug-likeness (QED) is 0.0790. The topological polar surface area (TPSA) is 103 Å². The van der Waals surface area contributed by atoms with Crippen LogP contribution in [0, 0.1) is 11.8 Å². The average molecular weight is 520 g/mol. The van der Waals surface area contributed by atoms with E-state index in [1.54, 1.807) is 0 Å². The van der Waals surface area contributed by atoms with Gasteiger partial charge in [0.2, 0.25) is 0 Å². The smallest absolute Gasteiger partial charge is 0.302 e. The second kappa shape index (κ2) is 16.5. The molecule has 0 spiro atoms. The summed E-state index contributed by atoms with van der Waals surface area (Å²) in [6, 6.07) is 18.7. The first kappa shape index (κ1) is 29.2. The van der Waals surface area contributed by atoms with Gasteiger partial charge >= 0.3 is 5.97 Å². The number of carbonyl (C=O) groups excluding carboxylic acids is 1. The minimum absolute atomic E-state index is 0.0301. The van der Waals surface area contributed by atoms with Gasteiger partial charge in [0.05, 0.1) is 19.3 Å². The van der Waals surface area contributed by atoms with E-state index in [1.165, 1.54) is 13.3 Å². The van der Waals surface area contributed by atoms with Crippen molar-refractivity contribution in [1.82, 2.24) is 0 Å². The first-order chi connectivity index (χ1) is 18.6. The lowest BCUT2D eigenvalue weighted by molar-refractivity contribution is -0.216. The molecule has 5 atom stereocenters. The molecule has 8 nitrogen and oxygen atoms in total. The summed E-state index contributed by atoms with van der Waals surface area (Å²) in [5.74, 6) is 5.93. The zero-order valence-corrected chi connectivity index (χ0v) is 22.2. The zero-order chi connectivity index (χ0) is 27.0. The number of hydrogen-bond donors (Lipinski definition) is 0. The molecule has 0 aromatic heterocycles. The van der Waals surface area contributed by atoms with Gasteiger partial charge in [-0.3, -0.25) is 4.79 Å². The molecule has 0 saturated carbocycles. The van der Waals surface area contributed by atoms with Crippen molar-refractivity contribution < 1.29 is 23.7 Å². The molecule has 202 valence electrons. The summed E-state index contributed by atoms with van der Waals surface area (Å²) in [6.45, 7) is 4.06. The largest absolute Gasteiger partial charge is 0.463 e. The SMILES string of the molecule is CCCCCCC#CC1O[C@H](COC(C)=O)[C@H](OCc2ccccc2)[C@H](OCc2ccccc2)[C@H]1N=[N+]=[N-]. The molecule has 1 saturated heterocycles. The highest BCUT2D eigenvalue weighted by atomic mass is 16.6. The summed E-state index contributed by atoms with van der Waals surface area (Å²) in [5.41, 5.74) is 11.4. The molecule has 0 bridgehead atoms. The molecule has 1 aliphatic rings. The van der Waals surface area contributed by atoms with E-state index in [9.17, 15) is 10.3 Å². The van der Waals surface area contributed by atoms with Crippen molar-refractivity contribution in [2.24, 2.45) is 5.11 Å². The van der Waals surface area contributed by atoms with E-state index in [1.807, 2.05) is 60.7 Å². The van der Waals surface area contributed by atoms with Gasteiger partial charge in [0.1, 0.15) is 31.0 Å². The molecular formula is C30H37N3O5. The monoisotopic (exact) mass is 519 g/mol. The van der Waals surface area contributed by atoms with Crippen LogP contribution < -0.4 is 0 Å². The molecule has 0 aliphatic carbocycles. The van der Waals surface area contributed by atoms with E-state index in [0.29, 0.717) is 0 Å². The van der Waals surface area contributed by atoms with Crippen molar-refractivity contribution in [2.45, 2.75) is 89.6 Å². The molecule has 1 heterocycles. The maximum Gasteiger partial charge on any atom is 0.302 e. The van der Waals surface area contributed by atoms with E-state index in [0.717, 1.165) is 36.8 Å². The Morgan fingerprint density at radius 1 is 0.974 bits per heavy atom. The molecule has 1 unspecified atom stereocenters. The van der Waals surface area contributed by atoms with Gasteiger partial charge in [-0.05, 0) is 23.1 Å². The fourth-order valence-corrected chi connectivity index (χ4v) is 4.31. The van der Waals surface area contributed by atoms with Gasteiger partial charge in [-0.2, -0.15) is 0 Å². The summed E-state index contributed by atoms with van der Waals surface area (Å²) in [5, 5.41) is 4.06. The molecule has 1 fully saturated rings. The maximum atomic E-state index is 11.7. The second-order valence-corrected chi connectivity index (χ2v) is 9.25. The number of rotatable bonds is 13. The van der Waals surface area contributed by atoms with E-state index < -0.39 is 36.4 Å². The van der Waals surface area contributed by atoms with Crippen molar-refractivity contribution >= 4 is 5.97 Å². The predicted octanol–water partition coefficient (Wildman–Crippen LogP) is 6.14. The number of benzene rings is 2. The van der Waals surface area contributed by atoms with Gasteiger partial charge in [-0.1, -0.05) is 97.9 Å². The van der Waals surface area contributed by atoms with Gasteiger partial charge in [0.15, 0.2) is 0 Å². The number of hydrogen-bond acceptors (Lipinski definition) is 6. The van der Waals surface area contributed by atoms with Crippen molar-refractivity contribution in [3.8, 4) is 11.8 Å². The molecule has 0 amide bonds. The molecule has 0 radical (unpaired) electrons. The Bertz CT molecular complexity index is 1080. The van der Waals surface area contributed by atoms with Crippen LogP contribution in [0.2, 0.25) is 0 Å². The highest BCUT2D eigenvalue weighted by Crippen LogP contribution is 2.30. The number of esters is 1. The molecule has 3 rings (SSSR count). The third-order valence-corrected chi connectivity index (χ3v) is 6.26. The minimum Gasteiger partial charge on any atom is -0.463 e. The van der Waals surface area contributed by atoms with Crippen LogP contribution in [0.4, 0.5) is 0 Å². The Labute approximate surface area is 225 Å². The van der Waals surface area contributed by atoms with E-state index >= 15 is 0 Å². The molecule has 2 aromatic rings. The molecule has 1 aliphatic heterocycles. The summed E-state index contributed by atoms with van der Waals surface area (Å²) >= 11 is 0. The van der Waals surface area contributed by atoms with Gasteiger partial charge in [-0.15, -0.1) is 5.92 Å². The standard InChI is InChI=1S/C30H37N3O5/c1-3-4-5-6-7-14-19-26-28(32-33-31)30(37-21-25-17-12-9-13-18-25)29(27(38-26)22-35-23(2)34)36-20-24-15-10-8-11-16-24/h8-13,15-18,26-30H,3-7,20-22H2,1-2H3/t26?,27-,28+,29+,30-/m1/s1. The van der Waals surface area contributed by atoms with Crippen LogP contribution in [-0.2, 0) is 37.0 Å². The van der Waals surface area contributed by atoms with E-state index in [2.05, 4.69) is 28.8 Å². The molecular weight excluding hydrogens is 482 g/mol. The molecule has 8 heteroatoms. The predicted molar refractivity (Wildman–Crippen MR) is 145 cm³/mol. The van der Waals surface area contributed by atoms with E-state index in [4.69, 9.17) is 18.9 Å². The summed E-state index contributed by atoms with van der Waals surface area (Å²) in [6.07, 6.45) is 2.42. The van der Waals surface area contributed by atoms with Crippen molar-refractivity contribution in [2.75, 3.05) is 6.61 Å². The van der Waals surface area contributed by atoms with Gasteiger partial charge in [-0.25, -0.2) is 0 Å². The van der Waals surface area contributed by atoms with Gasteiger partial charge in [0.25, 0.3) is 0 Å². The Balaban J connectivity index is 1.88. The van der Waals surface area contributed by atoms with Gasteiger partial charge < -0.3 is 18.9 Å². The zero-order valence-electron chi connectivity index (χ0n) is 22.2. The van der Waals surface area contributed by atoms with Crippen LogP contribution in [0.25, 0.3) is 10.4 Å². The third-order valence-electron chi connectivity index (χ3n) is 6.26. The van der Waals surface area contributed by atoms with Crippen LogP contribution in [0.3, 0.4) is 0 Å². The fourth-order valence-electron chi connectivity index (χ4n) is 4.31. The minimum atomic E-state index is -0.749. The summed E-state index contributed by atoms with van der Waals surface area (Å²) < 4.78 is 24.4. The first-order valence-corrected chi connectivity index (χ1v) is 13.2. The van der Waals surface area contributed by atoms with Crippen molar-refractivity contribution in [1.29, 1.82) is 0 Å². The highest BCUT2D eigenvalue weighted by molar-refractivity contribution is 5.65. The molecule has 2 aromatic carbocycles. The van der Waals surface area contributed by atoms with Crippen LogP contribution in [0.5, 0.6) is 0 Å². The van der Waals surface area contributed by atoms with Crippen LogP contribution in [0.15, 0.2) is 65.8 Å². The number of azide groups is 1. The Hall–Kier alpha value is -3.34. The van der Waals surface area contributed by atoms with Crippen LogP contribution in [0.1, 0.15) is 57.1 Å². The molecule has 38 heavy (non-hydrogen) atoms. The Morgan fingerprint density at radius 3 is 2.18 bits per heavy atom. The van der Waals surface area contributed by atoms with E-state index in [-0.39, 0.29) is 19.8 Å². The third kappa shape index (κ3) is 9.51. The summed E-state index contributed by atoms with van der Waals surface area (Å²) in [4.78, 5) is 14.8. The molecule has 0 N–H and O–H groups in total. The average Bonchev–Trinajstić information content (AvgIpc) is 2.94. The van der Waals surface area contributed by atoms with Gasteiger partial charge in [0, 0.05) is 18.3 Å². The van der Waals surface area contributed by atoms with Crippen molar-refractivity contribution in [3.05, 3.63) is 82.2 Å². The van der Waals surface area contributed by atoms with Crippen LogP contribution in [-0.4, -0.2) is 43.0 Å². The second-order valence-electron chi connectivity index (χ2n) is 9.25. The van der Waals surface area contributed by atoms with Crippen molar-refractivity contribution in [3.63, 3.8) is 0 Å². The Morgan fingerprint density at radius 2 is 1.61 bits per heavy atom. The fraction of sp³-hybridized carbons (Fsp3) is 0.500. The lowest BCUT2D eigenvalue weighted by atomic mass is 9.92.